The van der Waals surface area contributed by atoms with Gasteiger partial charge in [0.25, 0.3) is 23.6 Å². The maximum atomic E-state index is 13.3. The van der Waals surface area contributed by atoms with Crippen LogP contribution in [0.2, 0.25) is 0 Å². The molecule has 0 saturated heterocycles. The molecule has 2 heterocycles. The highest BCUT2D eigenvalue weighted by atomic mass is 79.9. The Labute approximate surface area is 183 Å². The van der Waals surface area contributed by atoms with Gasteiger partial charge in [0.2, 0.25) is 0 Å². The smallest absolute Gasteiger partial charge is 0.262 e. The van der Waals surface area contributed by atoms with Crippen LogP contribution in [0.5, 0.6) is 0 Å². The zero-order valence-electron chi connectivity index (χ0n) is 17.1. The van der Waals surface area contributed by atoms with E-state index in [0.717, 1.165) is 30.6 Å². The van der Waals surface area contributed by atoms with Crippen molar-refractivity contribution in [2.24, 2.45) is 0 Å². The van der Waals surface area contributed by atoms with Crippen LogP contribution >= 0.6 is 15.9 Å². The molecular weight excluding hydrogens is 448 g/mol. The molecule has 0 aromatic heterocycles. The number of imide groups is 2. The van der Waals surface area contributed by atoms with Gasteiger partial charge in [-0.05, 0) is 40.5 Å². The third-order valence-electron chi connectivity index (χ3n) is 5.97. The topological polar surface area (TPSA) is 74.8 Å². The number of hydrogen-bond donors (Lipinski definition) is 0. The molecule has 0 spiro atoms. The summed E-state index contributed by atoms with van der Waals surface area (Å²) >= 11 is 3.43. The predicted octanol–water partition coefficient (Wildman–Crippen LogP) is 4.78. The highest BCUT2D eigenvalue weighted by Crippen LogP contribution is 2.41. The van der Waals surface area contributed by atoms with Crippen LogP contribution in [0, 0.1) is 0 Å². The molecule has 6 nitrogen and oxygen atoms in total. The maximum absolute atomic E-state index is 13.3. The first-order chi connectivity index (χ1) is 14.4. The van der Waals surface area contributed by atoms with Crippen molar-refractivity contribution in [3.63, 3.8) is 0 Å². The number of carbonyl (C=O) groups is 4. The summed E-state index contributed by atoms with van der Waals surface area (Å²) in [5.74, 6) is -1.61. The van der Waals surface area contributed by atoms with Crippen molar-refractivity contribution < 1.29 is 19.2 Å². The highest BCUT2D eigenvalue weighted by Gasteiger charge is 2.39. The highest BCUT2D eigenvalue weighted by molar-refractivity contribution is 9.10. The van der Waals surface area contributed by atoms with E-state index in [1.165, 1.54) is 24.8 Å². The number of halogens is 1. The molecule has 4 rings (SSSR count). The molecule has 2 aliphatic heterocycles. The predicted molar refractivity (Wildman–Crippen MR) is 117 cm³/mol. The number of hydrogen-bond acceptors (Lipinski definition) is 4. The number of unbranched alkanes of at least 4 members (excludes halogenated alkanes) is 5. The second-order valence-corrected chi connectivity index (χ2v) is 8.75. The Bertz CT molecular complexity index is 1110. The molecule has 0 radical (unpaired) electrons. The molecule has 0 atom stereocenters. The van der Waals surface area contributed by atoms with E-state index in [0.29, 0.717) is 44.0 Å². The van der Waals surface area contributed by atoms with Crippen molar-refractivity contribution in [2.45, 2.75) is 45.4 Å². The zero-order valence-corrected chi connectivity index (χ0v) is 18.7. The van der Waals surface area contributed by atoms with Gasteiger partial charge in [0, 0.05) is 45.5 Å². The van der Waals surface area contributed by atoms with Crippen LogP contribution in [-0.2, 0) is 0 Å². The van der Waals surface area contributed by atoms with Gasteiger partial charge in [-0.2, -0.15) is 0 Å². The van der Waals surface area contributed by atoms with Gasteiger partial charge >= 0.3 is 0 Å². The summed E-state index contributed by atoms with van der Waals surface area (Å²) in [5.41, 5.74) is 1.37. The van der Waals surface area contributed by atoms with E-state index in [2.05, 4.69) is 22.9 Å². The van der Waals surface area contributed by atoms with Gasteiger partial charge in [0.15, 0.2) is 0 Å². The van der Waals surface area contributed by atoms with Crippen molar-refractivity contribution in [3.05, 3.63) is 44.9 Å². The van der Waals surface area contributed by atoms with E-state index in [9.17, 15) is 19.2 Å². The standard InChI is InChI=1S/C23H23BrN2O4/c1-3-4-5-6-7-8-11-26-22(29)14-10-9-13-17-15(21(28)25(2)20(13)27)12-16(24)19(18(14)17)23(26)30/h9-10,12H,3-8,11H2,1-2H3. The van der Waals surface area contributed by atoms with E-state index in [1.807, 2.05) is 0 Å². The summed E-state index contributed by atoms with van der Waals surface area (Å²) in [6.07, 6.45) is 6.34. The molecule has 2 aromatic carbocycles. The Morgan fingerprint density at radius 1 is 0.767 bits per heavy atom. The number of amides is 4. The van der Waals surface area contributed by atoms with Crippen LogP contribution < -0.4 is 0 Å². The number of carbonyl (C=O) groups excluding carboxylic acids is 4. The SMILES string of the molecule is CCCCCCCCN1C(=O)c2ccc3c4c(cc(Br)c(c24)C1=O)C(=O)N(C)C3=O. The first-order valence-electron chi connectivity index (χ1n) is 10.4. The number of rotatable bonds is 7. The molecule has 4 amide bonds. The van der Waals surface area contributed by atoms with Gasteiger partial charge < -0.3 is 0 Å². The van der Waals surface area contributed by atoms with E-state index in [-0.39, 0.29) is 11.8 Å². The fourth-order valence-electron chi connectivity index (χ4n) is 4.35. The lowest BCUT2D eigenvalue weighted by Crippen LogP contribution is -2.42. The average molecular weight is 471 g/mol. The van der Waals surface area contributed by atoms with Gasteiger partial charge in [-0.15, -0.1) is 0 Å². The third-order valence-corrected chi connectivity index (χ3v) is 6.60. The normalized spacial score (nSPS) is 15.6. The van der Waals surface area contributed by atoms with Gasteiger partial charge in [-0.1, -0.05) is 39.0 Å². The fourth-order valence-corrected chi connectivity index (χ4v) is 4.94. The molecule has 156 valence electrons. The molecule has 0 fully saturated rings. The Hall–Kier alpha value is -2.54. The van der Waals surface area contributed by atoms with Gasteiger partial charge in [0.1, 0.15) is 0 Å². The van der Waals surface area contributed by atoms with Gasteiger partial charge in [0.05, 0.1) is 5.56 Å². The first-order valence-corrected chi connectivity index (χ1v) is 11.2. The van der Waals surface area contributed by atoms with Crippen LogP contribution in [0.4, 0.5) is 0 Å². The summed E-state index contributed by atoms with van der Waals surface area (Å²) in [4.78, 5) is 54.1. The first kappa shape index (κ1) is 20.7. The molecular formula is C23H23BrN2O4. The fraction of sp³-hybridized carbons (Fsp3) is 0.391. The van der Waals surface area contributed by atoms with Crippen LogP contribution in [-0.4, -0.2) is 47.0 Å². The van der Waals surface area contributed by atoms with Crippen molar-refractivity contribution in [1.82, 2.24) is 9.80 Å². The molecule has 0 unspecified atom stereocenters. The minimum absolute atomic E-state index is 0.324. The van der Waals surface area contributed by atoms with E-state index < -0.39 is 11.8 Å². The zero-order chi connectivity index (χ0) is 21.6. The molecule has 0 aliphatic carbocycles. The Morgan fingerprint density at radius 3 is 2.07 bits per heavy atom. The quantitative estimate of drug-likeness (QED) is 0.430. The van der Waals surface area contributed by atoms with Crippen molar-refractivity contribution in [1.29, 1.82) is 0 Å². The lowest BCUT2D eigenvalue weighted by Gasteiger charge is -2.31. The lowest BCUT2D eigenvalue weighted by molar-refractivity contribution is 0.0598. The lowest BCUT2D eigenvalue weighted by atomic mass is 9.86. The second kappa shape index (κ2) is 7.95. The van der Waals surface area contributed by atoms with Crippen molar-refractivity contribution in [3.8, 4) is 0 Å². The third kappa shape index (κ3) is 3.07. The molecule has 2 aliphatic rings. The van der Waals surface area contributed by atoms with Crippen molar-refractivity contribution >= 4 is 50.3 Å². The average Bonchev–Trinajstić information content (AvgIpc) is 2.73. The molecule has 0 N–H and O–H groups in total. The number of nitrogens with zero attached hydrogens (tertiary/aromatic N) is 2. The van der Waals surface area contributed by atoms with Crippen LogP contribution in [0.15, 0.2) is 22.7 Å². The van der Waals surface area contributed by atoms with E-state index in [1.54, 1.807) is 18.2 Å². The molecule has 0 saturated carbocycles. The Morgan fingerprint density at radius 2 is 1.37 bits per heavy atom. The summed E-state index contributed by atoms with van der Waals surface area (Å²) in [6.45, 7) is 2.53. The van der Waals surface area contributed by atoms with Crippen LogP contribution in [0.1, 0.15) is 86.9 Å². The molecule has 2 aromatic rings. The Balaban J connectivity index is 1.74. The van der Waals surface area contributed by atoms with E-state index in [4.69, 9.17) is 0 Å². The summed E-state index contributed by atoms with van der Waals surface area (Å²) < 4.78 is 0.463. The molecule has 7 heteroatoms. The maximum Gasteiger partial charge on any atom is 0.262 e. The minimum Gasteiger partial charge on any atom is -0.277 e. The largest absolute Gasteiger partial charge is 0.277 e. The molecule has 30 heavy (non-hydrogen) atoms. The van der Waals surface area contributed by atoms with E-state index >= 15 is 0 Å². The Kier molecular flexibility index (Phi) is 5.49. The summed E-state index contributed by atoms with van der Waals surface area (Å²) in [6, 6.07) is 4.77. The van der Waals surface area contributed by atoms with Crippen molar-refractivity contribution in [2.75, 3.05) is 13.6 Å². The monoisotopic (exact) mass is 470 g/mol. The summed E-state index contributed by atoms with van der Waals surface area (Å²) in [5, 5.41) is 0.806. The molecule has 0 bridgehead atoms. The van der Waals surface area contributed by atoms with Crippen LogP contribution in [0.3, 0.4) is 0 Å². The summed E-state index contributed by atoms with van der Waals surface area (Å²) in [7, 11) is 1.43. The van der Waals surface area contributed by atoms with Gasteiger partial charge in [-0.25, -0.2) is 0 Å². The second-order valence-electron chi connectivity index (χ2n) is 7.89. The van der Waals surface area contributed by atoms with Crippen LogP contribution in [0.25, 0.3) is 10.8 Å². The minimum atomic E-state index is -0.439. The number of benzene rings is 2. The van der Waals surface area contributed by atoms with Gasteiger partial charge in [-0.3, -0.25) is 29.0 Å².